The lowest BCUT2D eigenvalue weighted by atomic mass is 10.1. The smallest absolute Gasteiger partial charge is 0.216 e. The van der Waals surface area contributed by atoms with Crippen LogP contribution in [0.2, 0.25) is 0 Å². The molecular weight excluding hydrogens is 266 g/mol. The van der Waals surface area contributed by atoms with Crippen LogP contribution in [0, 0.1) is 11.3 Å². The molecule has 0 aliphatic carbocycles. The van der Waals surface area contributed by atoms with Gasteiger partial charge in [-0.1, -0.05) is 18.2 Å². The number of ketones is 1. The maximum atomic E-state index is 12.2. The van der Waals surface area contributed by atoms with E-state index >= 15 is 0 Å². The number of para-hydroxylation sites is 1. The minimum Gasteiger partial charge on any atom is -0.290 e. The van der Waals surface area contributed by atoms with E-state index < -0.39 is 20.9 Å². The summed E-state index contributed by atoms with van der Waals surface area (Å²) in [5.41, 5.74) is 0.714. The lowest BCUT2D eigenvalue weighted by Crippen LogP contribution is -2.28. The Morgan fingerprint density at radius 2 is 2.05 bits per heavy atom. The highest BCUT2D eigenvalue weighted by atomic mass is 32.2. The largest absolute Gasteiger partial charge is 0.290 e. The van der Waals surface area contributed by atoms with Crippen LogP contribution in [0.5, 0.6) is 0 Å². The molecule has 2 rings (SSSR count). The lowest BCUT2D eigenvalue weighted by Gasteiger charge is -2.03. The first kappa shape index (κ1) is 13.2. The predicted molar refractivity (Wildman–Crippen MR) is 69.3 cm³/mol. The summed E-state index contributed by atoms with van der Waals surface area (Å²) in [6, 6.07) is 8.48. The molecule has 0 spiro atoms. The van der Waals surface area contributed by atoms with Crippen molar-refractivity contribution in [2.45, 2.75) is 5.25 Å². The maximum absolute atomic E-state index is 12.2. The van der Waals surface area contributed by atoms with Gasteiger partial charge in [-0.15, -0.1) is 0 Å². The number of Topliss-reactive ketones (excluding diaryl/α,β-unsaturated/α-hetero) is 1. The van der Waals surface area contributed by atoms with Crippen LogP contribution in [0.3, 0.4) is 0 Å². The van der Waals surface area contributed by atoms with Gasteiger partial charge in [-0.3, -0.25) is 9.48 Å². The zero-order valence-corrected chi connectivity index (χ0v) is 11.2. The molecule has 0 N–H and O–H groups in total. The second-order valence-corrected chi connectivity index (χ2v) is 6.32. The van der Waals surface area contributed by atoms with Crippen molar-refractivity contribution in [2.24, 2.45) is 7.05 Å². The molecule has 0 bridgehead atoms. The molecule has 1 unspecified atom stereocenters. The van der Waals surface area contributed by atoms with Crippen molar-refractivity contribution >= 4 is 26.5 Å². The molecule has 6 nitrogen and oxygen atoms in total. The molecule has 98 valence electrons. The van der Waals surface area contributed by atoms with E-state index in [0.717, 1.165) is 6.26 Å². The number of aryl methyl sites for hydroxylation is 1. The summed E-state index contributed by atoms with van der Waals surface area (Å²) in [4.78, 5) is 12.2. The number of carbonyl (C=O) groups excluding carboxylic acids is 1. The molecule has 0 fully saturated rings. The van der Waals surface area contributed by atoms with Crippen LogP contribution in [-0.4, -0.2) is 35.5 Å². The number of nitrogens with zero attached hydrogens (tertiary/aromatic N) is 3. The van der Waals surface area contributed by atoms with Gasteiger partial charge in [0.15, 0.2) is 9.84 Å². The Hall–Kier alpha value is -2.20. The monoisotopic (exact) mass is 277 g/mol. The molecule has 1 atom stereocenters. The van der Waals surface area contributed by atoms with Crippen LogP contribution in [0.25, 0.3) is 10.9 Å². The van der Waals surface area contributed by atoms with Crippen LogP contribution in [0.1, 0.15) is 10.5 Å². The number of benzene rings is 1. The lowest BCUT2D eigenvalue weighted by molar-refractivity contribution is 0.0997. The minimum absolute atomic E-state index is 0.00933. The van der Waals surface area contributed by atoms with Crippen molar-refractivity contribution in [3.8, 4) is 6.07 Å². The van der Waals surface area contributed by atoms with Crippen LogP contribution in [-0.2, 0) is 16.9 Å². The quantitative estimate of drug-likeness (QED) is 0.770. The summed E-state index contributed by atoms with van der Waals surface area (Å²) >= 11 is 0. The summed E-state index contributed by atoms with van der Waals surface area (Å²) in [6.45, 7) is 0. The van der Waals surface area contributed by atoms with Gasteiger partial charge in [-0.2, -0.15) is 10.4 Å². The fourth-order valence-corrected chi connectivity index (χ4v) is 2.56. The second kappa shape index (κ2) is 4.48. The maximum Gasteiger partial charge on any atom is 0.216 e. The normalized spacial score (nSPS) is 13.1. The van der Waals surface area contributed by atoms with Gasteiger partial charge in [-0.05, 0) is 6.07 Å². The Morgan fingerprint density at radius 3 is 2.63 bits per heavy atom. The molecule has 0 aliphatic heterocycles. The number of rotatable bonds is 3. The van der Waals surface area contributed by atoms with E-state index in [1.807, 2.05) is 0 Å². The van der Waals surface area contributed by atoms with Gasteiger partial charge in [0, 0.05) is 18.7 Å². The van der Waals surface area contributed by atoms with E-state index in [9.17, 15) is 13.2 Å². The number of hydrogen-bond acceptors (Lipinski definition) is 5. The minimum atomic E-state index is -3.78. The molecule has 0 saturated carbocycles. The molecular formula is C12H11N3O3S. The third-order valence-electron chi connectivity index (χ3n) is 2.77. The third kappa shape index (κ3) is 2.22. The molecule has 19 heavy (non-hydrogen) atoms. The first-order valence-corrected chi connectivity index (χ1v) is 7.36. The topological polar surface area (TPSA) is 92.8 Å². The van der Waals surface area contributed by atoms with Crippen molar-refractivity contribution in [3.63, 3.8) is 0 Å². The molecule has 1 aromatic heterocycles. The molecule has 2 aromatic rings. The SMILES string of the molecule is Cn1nc(C(=O)C(C#N)S(C)(=O)=O)c2ccccc21. The van der Waals surface area contributed by atoms with Crippen molar-refractivity contribution in [1.29, 1.82) is 5.26 Å². The number of carbonyl (C=O) groups is 1. The van der Waals surface area contributed by atoms with E-state index in [0.29, 0.717) is 10.9 Å². The van der Waals surface area contributed by atoms with Gasteiger partial charge in [0.1, 0.15) is 5.69 Å². The van der Waals surface area contributed by atoms with Gasteiger partial charge < -0.3 is 0 Å². The Bertz CT molecular complexity index is 799. The molecule has 0 aliphatic rings. The summed E-state index contributed by atoms with van der Waals surface area (Å²) in [5.74, 6) is -0.790. The van der Waals surface area contributed by atoms with E-state index in [4.69, 9.17) is 5.26 Å². The molecule has 1 aromatic carbocycles. The van der Waals surface area contributed by atoms with Crippen LogP contribution < -0.4 is 0 Å². The second-order valence-electron chi connectivity index (χ2n) is 4.19. The molecule has 0 amide bonds. The molecule has 0 radical (unpaired) electrons. The fraction of sp³-hybridized carbons (Fsp3) is 0.250. The molecule has 1 heterocycles. The van der Waals surface area contributed by atoms with Crippen molar-refractivity contribution in [2.75, 3.05) is 6.26 Å². The average molecular weight is 277 g/mol. The number of hydrogen-bond donors (Lipinski definition) is 0. The van der Waals surface area contributed by atoms with E-state index in [-0.39, 0.29) is 5.69 Å². The zero-order valence-electron chi connectivity index (χ0n) is 10.4. The van der Waals surface area contributed by atoms with Crippen molar-refractivity contribution in [1.82, 2.24) is 9.78 Å². The summed E-state index contributed by atoms with van der Waals surface area (Å²) < 4.78 is 24.4. The molecule has 7 heteroatoms. The third-order valence-corrected chi connectivity index (χ3v) is 3.95. The summed E-state index contributed by atoms with van der Waals surface area (Å²) in [7, 11) is -2.13. The van der Waals surface area contributed by atoms with Gasteiger partial charge >= 0.3 is 0 Å². The van der Waals surface area contributed by atoms with E-state index in [1.165, 1.54) is 10.8 Å². The van der Waals surface area contributed by atoms with Crippen LogP contribution in [0.4, 0.5) is 0 Å². The summed E-state index contributed by atoms with van der Waals surface area (Å²) in [5, 5.41) is 11.7. The van der Waals surface area contributed by atoms with E-state index in [1.54, 1.807) is 31.3 Å². The van der Waals surface area contributed by atoms with E-state index in [2.05, 4.69) is 5.10 Å². The highest BCUT2D eigenvalue weighted by Crippen LogP contribution is 2.20. The number of sulfone groups is 1. The Labute approximate surface area is 110 Å². The Morgan fingerprint density at radius 1 is 1.42 bits per heavy atom. The van der Waals surface area contributed by atoms with Gasteiger partial charge in [0.2, 0.25) is 11.0 Å². The summed E-state index contributed by atoms with van der Waals surface area (Å²) in [6.07, 6.45) is 0.865. The van der Waals surface area contributed by atoms with Gasteiger partial charge in [0.05, 0.1) is 11.6 Å². The fourth-order valence-electron chi connectivity index (χ4n) is 1.87. The zero-order chi connectivity index (χ0) is 14.2. The predicted octanol–water partition coefficient (Wildman–Crippen LogP) is 0.693. The average Bonchev–Trinajstić information content (AvgIpc) is 2.66. The Balaban J connectivity index is 2.64. The number of aromatic nitrogens is 2. The standard InChI is InChI=1S/C12H11N3O3S/c1-15-9-6-4-3-5-8(9)11(14-15)12(16)10(7-13)19(2,17)18/h3-6,10H,1-2H3. The highest BCUT2D eigenvalue weighted by Gasteiger charge is 2.32. The number of nitriles is 1. The van der Waals surface area contributed by atoms with Crippen molar-refractivity contribution < 1.29 is 13.2 Å². The Kier molecular flexibility index (Phi) is 3.12. The van der Waals surface area contributed by atoms with Crippen molar-refractivity contribution in [3.05, 3.63) is 30.0 Å². The highest BCUT2D eigenvalue weighted by molar-refractivity contribution is 7.92. The number of fused-ring (bicyclic) bond motifs is 1. The van der Waals surface area contributed by atoms with Gasteiger partial charge in [0.25, 0.3) is 0 Å². The first-order chi connectivity index (χ1) is 8.86. The van der Waals surface area contributed by atoms with Crippen LogP contribution >= 0.6 is 0 Å². The first-order valence-electron chi connectivity index (χ1n) is 5.40. The van der Waals surface area contributed by atoms with Gasteiger partial charge in [-0.25, -0.2) is 8.42 Å². The molecule has 0 saturated heterocycles. The van der Waals surface area contributed by atoms with Crippen LogP contribution in [0.15, 0.2) is 24.3 Å².